The summed E-state index contributed by atoms with van der Waals surface area (Å²) in [6.07, 6.45) is 74.2. The summed E-state index contributed by atoms with van der Waals surface area (Å²) in [5, 5.41) is 0. The summed E-state index contributed by atoms with van der Waals surface area (Å²) in [5.41, 5.74) is 0. The quantitative estimate of drug-likeness (QED) is 0.0345. The third-order valence-electron chi connectivity index (χ3n) is 13.3. The fraction of sp³-hybridized carbons (Fsp3) is 0.841. The van der Waals surface area contributed by atoms with Crippen LogP contribution in [0.1, 0.15) is 316 Å². The van der Waals surface area contributed by atoms with Crippen molar-refractivity contribution in [1.82, 2.24) is 0 Å². The van der Waals surface area contributed by atoms with Gasteiger partial charge in [-0.15, -0.1) is 0 Å². The molecule has 0 bridgehead atoms. The molecule has 0 spiro atoms. The van der Waals surface area contributed by atoms with E-state index in [0.29, 0.717) is 19.4 Å². The maximum absolute atomic E-state index is 12.9. The van der Waals surface area contributed by atoms with Gasteiger partial charge in [0.15, 0.2) is 6.10 Å². The van der Waals surface area contributed by atoms with Crippen LogP contribution in [-0.4, -0.2) is 37.9 Å². The molecule has 398 valence electrons. The summed E-state index contributed by atoms with van der Waals surface area (Å²) in [7, 11) is 0. The number of rotatable bonds is 56. The van der Waals surface area contributed by atoms with Crippen molar-refractivity contribution in [1.29, 1.82) is 0 Å². The standard InChI is InChI=1S/C63H116O5/c1-4-7-10-13-16-19-22-25-28-31-34-37-40-43-46-49-52-55-58-66-59-61(68-63(65)57-54-51-48-45-42-39-36-33-30-27-24-21-18-15-12-9-6-3)60-67-62(64)56-53-50-47-44-41-38-35-32-29-26-23-20-17-14-11-8-5-2/h8,11,17,20,26-27,29-30,61H,4-7,9-10,12-16,18-19,21-25,28,31-60H2,1-3H3/b11-8-,20-17-,29-26-,30-27-. The van der Waals surface area contributed by atoms with Gasteiger partial charge in [0.25, 0.3) is 0 Å². The van der Waals surface area contributed by atoms with E-state index in [1.165, 1.54) is 218 Å². The van der Waals surface area contributed by atoms with Gasteiger partial charge in [-0.25, -0.2) is 0 Å². The van der Waals surface area contributed by atoms with Crippen molar-refractivity contribution in [2.24, 2.45) is 0 Å². The third kappa shape index (κ3) is 56.4. The van der Waals surface area contributed by atoms with Crippen LogP contribution >= 0.6 is 0 Å². The third-order valence-corrected chi connectivity index (χ3v) is 13.3. The number of carbonyl (C=O) groups excluding carboxylic acids is 2. The van der Waals surface area contributed by atoms with Gasteiger partial charge < -0.3 is 14.2 Å². The molecule has 0 aromatic rings. The molecule has 0 saturated carbocycles. The zero-order valence-electron chi connectivity index (χ0n) is 45.9. The van der Waals surface area contributed by atoms with Crippen molar-refractivity contribution in [2.75, 3.05) is 19.8 Å². The number of ether oxygens (including phenoxy) is 3. The van der Waals surface area contributed by atoms with Crippen LogP contribution in [0, 0.1) is 0 Å². The average molecular weight is 954 g/mol. The molecule has 0 fully saturated rings. The molecule has 0 heterocycles. The molecule has 0 amide bonds. The minimum absolute atomic E-state index is 0.0823. The minimum atomic E-state index is -0.541. The molecule has 0 aromatic heterocycles. The molecular formula is C63H116O5. The SMILES string of the molecule is CC/C=C\C/C=C\C/C=C\CCCCCCCCCC(=O)OCC(COCCCCCCCCCCCCCCCCCCCC)OC(=O)CCCCCCCCC/C=C\CCCCCCCC. The van der Waals surface area contributed by atoms with E-state index in [1.54, 1.807) is 0 Å². The fourth-order valence-electron chi connectivity index (χ4n) is 8.88. The molecule has 5 nitrogen and oxygen atoms in total. The number of hydrogen-bond donors (Lipinski definition) is 0. The lowest BCUT2D eigenvalue weighted by atomic mass is 10.0. The minimum Gasteiger partial charge on any atom is -0.462 e. The van der Waals surface area contributed by atoms with Crippen LogP contribution in [0.25, 0.3) is 0 Å². The van der Waals surface area contributed by atoms with Crippen molar-refractivity contribution in [3.8, 4) is 0 Å². The molecule has 1 unspecified atom stereocenters. The summed E-state index contributed by atoms with van der Waals surface area (Å²) in [6.45, 7) is 7.76. The van der Waals surface area contributed by atoms with E-state index in [0.717, 1.165) is 64.2 Å². The Hall–Kier alpha value is -2.14. The monoisotopic (exact) mass is 953 g/mol. The molecule has 0 aliphatic heterocycles. The van der Waals surface area contributed by atoms with E-state index in [-0.39, 0.29) is 25.2 Å². The Labute approximate surface area is 424 Å². The molecule has 0 saturated heterocycles. The highest BCUT2D eigenvalue weighted by Crippen LogP contribution is 2.16. The van der Waals surface area contributed by atoms with E-state index >= 15 is 0 Å². The van der Waals surface area contributed by atoms with Crippen LogP contribution < -0.4 is 0 Å². The van der Waals surface area contributed by atoms with Crippen molar-refractivity contribution < 1.29 is 23.8 Å². The second-order valence-corrected chi connectivity index (χ2v) is 20.2. The normalized spacial score (nSPS) is 12.5. The molecule has 1 atom stereocenters. The average Bonchev–Trinajstić information content (AvgIpc) is 3.34. The molecule has 0 rings (SSSR count). The van der Waals surface area contributed by atoms with Gasteiger partial charge in [-0.1, -0.05) is 275 Å². The maximum Gasteiger partial charge on any atom is 0.306 e. The first-order valence-electron chi connectivity index (χ1n) is 30.2. The molecule has 0 aliphatic rings. The first-order valence-corrected chi connectivity index (χ1v) is 30.2. The van der Waals surface area contributed by atoms with Crippen LogP contribution in [0.4, 0.5) is 0 Å². The lowest BCUT2D eigenvalue weighted by Crippen LogP contribution is -2.30. The largest absolute Gasteiger partial charge is 0.462 e. The lowest BCUT2D eigenvalue weighted by molar-refractivity contribution is -0.163. The van der Waals surface area contributed by atoms with E-state index in [4.69, 9.17) is 14.2 Å². The second-order valence-electron chi connectivity index (χ2n) is 20.2. The number of hydrogen-bond acceptors (Lipinski definition) is 5. The molecule has 0 N–H and O–H groups in total. The highest BCUT2D eigenvalue weighted by atomic mass is 16.6. The summed E-state index contributed by atoms with van der Waals surface area (Å²) < 4.78 is 17.5. The lowest BCUT2D eigenvalue weighted by Gasteiger charge is -2.18. The van der Waals surface area contributed by atoms with E-state index < -0.39 is 6.10 Å². The van der Waals surface area contributed by atoms with Crippen molar-refractivity contribution in [2.45, 2.75) is 322 Å². The number of carbonyl (C=O) groups is 2. The Morgan fingerprint density at radius 3 is 1.07 bits per heavy atom. The van der Waals surface area contributed by atoms with E-state index in [2.05, 4.69) is 69.4 Å². The Morgan fingerprint density at radius 2 is 0.662 bits per heavy atom. The fourth-order valence-corrected chi connectivity index (χ4v) is 8.88. The number of unbranched alkanes of at least 4 members (excludes halogenated alkanes) is 37. The Morgan fingerprint density at radius 1 is 0.338 bits per heavy atom. The van der Waals surface area contributed by atoms with Gasteiger partial charge in [-0.2, -0.15) is 0 Å². The van der Waals surface area contributed by atoms with Gasteiger partial charge >= 0.3 is 11.9 Å². The molecule has 5 heteroatoms. The van der Waals surface area contributed by atoms with Gasteiger partial charge in [0.2, 0.25) is 0 Å². The van der Waals surface area contributed by atoms with Crippen molar-refractivity contribution in [3.63, 3.8) is 0 Å². The highest BCUT2D eigenvalue weighted by molar-refractivity contribution is 5.70. The van der Waals surface area contributed by atoms with E-state index in [9.17, 15) is 9.59 Å². The Bertz CT molecular complexity index is 1120. The topological polar surface area (TPSA) is 61.8 Å². The van der Waals surface area contributed by atoms with Gasteiger partial charge in [-0.05, 0) is 77.0 Å². The maximum atomic E-state index is 12.9. The first kappa shape index (κ1) is 65.9. The molecule has 0 radical (unpaired) electrons. The Balaban J connectivity index is 4.26. The molecule has 0 aliphatic carbocycles. The van der Waals surface area contributed by atoms with Crippen molar-refractivity contribution in [3.05, 3.63) is 48.6 Å². The molecular weight excluding hydrogens is 837 g/mol. The highest BCUT2D eigenvalue weighted by Gasteiger charge is 2.17. The van der Waals surface area contributed by atoms with Crippen LogP contribution in [0.15, 0.2) is 48.6 Å². The number of allylic oxidation sites excluding steroid dienone is 8. The summed E-state index contributed by atoms with van der Waals surface area (Å²) in [5.74, 6) is -0.396. The predicted molar refractivity (Wildman–Crippen MR) is 298 cm³/mol. The first-order chi connectivity index (χ1) is 33.6. The van der Waals surface area contributed by atoms with Gasteiger partial charge in [0.05, 0.1) is 6.61 Å². The predicted octanol–water partition coefficient (Wildman–Crippen LogP) is 20.7. The van der Waals surface area contributed by atoms with Crippen LogP contribution in [0.3, 0.4) is 0 Å². The van der Waals surface area contributed by atoms with Crippen LogP contribution in [0.2, 0.25) is 0 Å². The van der Waals surface area contributed by atoms with Gasteiger partial charge in [-0.3, -0.25) is 9.59 Å². The smallest absolute Gasteiger partial charge is 0.306 e. The van der Waals surface area contributed by atoms with E-state index in [1.807, 2.05) is 0 Å². The number of esters is 2. The van der Waals surface area contributed by atoms with Crippen LogP contribution in [-0.2, 0) is 23.8 Å². The van der Waals surface area contributed by atoms with Crippen molar-refractivity contribution >= 4 is 11.9 Å². The second kappa shape index (κ2) is 59.2. The Kier molecular flexibility index (Phi) is 57.3. The summed E-state index contributed by atoms with van der Waals surface area (Å²) in [4.78, 5) is 25.6. The van der Waals surface area contributed by atoms with Gasteiger partial charge in [0, 0.05) is 19.4 Å². The zero-order valence-corrected chi connectivity index (χ0v) is 45.9. The zero-order chi connectivity index (χ0) is 49.2. The summed E-state index contributed by atoms with van der Waals surface area (Å²) in [6, 6.07) is 0. The molecule has 0 aromatic carbocycles. The molecule has 68 heavy (non-hydrogen) atoms. The van der Waals surface area contributed by atoms with Crippen LogP contribution in [0.5, 0.6) is 0 Å². The summed E-state index contributed by atoms with van der Waals surface area (Å²) >= 11 is 0. The van der Waals surface area contributed by atoms with Gasteiger partial charge in [0.1, 0.15) is 6.61 Å².